The summed E-state index contributed by atoms with van der Waals surface area (Å²) in [5.74, 6) is -0.0617. The number of rotatable bonds is 1. The van der Waals surface area contributed by atoms with Gasteiger partial charge in [0.15, 0.2) is 0 Å². The van der Waals surface area contributed by atoms with Gasteiger partial charge < -0.3 is 5.32 Å². The number of imide groups is 1. The summed E-state index contributed by atoms with van der Waals surface area (Å²) in [6.07, 6.45) is 2.76. The number of hydrogen-bond acceptors (Lipinski definition) is 4. The largest absolute Gasteiger partial charge is 0.310 e. The van der Waals surface area contributed by atoms with Gasteiger partial charge in [-0.2, -0.15) is 0 Å². The minimum absolute atomic E-state index is 0.0512. The minimum Gasteiger partial charge on any atom is -0.310 e. The van der Waals surface area contributed by atoms with Crippen molar-refractivity contribution in [2.24, 2.45) is 0 Å². The molecule has 0 saturated heterocycles. The highest BCUT2D eigenvalue weighted by Crippen LogP contribution is 2.47. The van der Waals surface area contributed by atoms with Crippen LogP contribution in [0.5, 0.6) is 0 Å². The lowest BCUT2D eigenvalue weighted by molar-refractivity contribution is -0.120. The summed E-state index contributed by atoms with van der Waals surface area (Å²) < 4.78 is 0. The van der Waals surface area contributed by atoms with Gasteiger partial charge in [-0.1, -0.05) is 24.3 Å². The van der Waals surface area contributed by atoms with E-state index >= 15 is 0 Å². The van der Waals surface area contributed by atoms with E-state index in [0.717, 1.165) is 16.7 Å². The van der Waals surface area contributed by atoms with E-state index in [0.29, 0.717) is 35.5 Å². The van der Waals surface area contributed by atoms with Crippen molar-refractivity contribution >= 4 is 29.2 Å². The van der Waals surface area contributed by atoms with Crippen LogP contribution in [-0.2, 0) is 23.1 Å². The average molecular weight is 381 g/mol. The first-order valence-corrected chi connectivity index (χ1v) is 9.45. The Balaban J connectivity index is 1.41. The summed E-state index contributed by atoms with van der Waals surface area (Å²) >= 11 is 0. The third-order valence-corrected chi connectivity index (χ3v) is 6.22. The molecule has 3 aromatic rings. The molecular weight excluding hydrogens is 366 g/mol. The molecule has 2 aliphatic heterocycles. The Bertz CT molecular complexity index is 1230. The van der Waals surface area contributed by atoms with Crippen LogP contribution in [-0.4, -0.2) is 22.7 Å². The highest BCUT2D eigenvalue weighted by molar-refractivity contribution is 6.34. The fraction of sp³-hybridized carbons (Fsp3) is 0.130. The van der Waals surface area contributed by atoms with Gasteiger partial charge in [-0.3, -0.25) is 14.4 Å². The number of anilines is 2. The van der Waals surface area contributed by atoms with Crippen LogP contribution in [0.1, 0.15) is 37.4 Å². The Morgan fingerprint density at radius 3 is 2.34 bits per heavy atom. The quantitative estimate of drug-likeness (QED) is 0.658. The number of pyridine rings is 1. The fourth-order valence-corrected chi connectivity index (χ4v) is 4.82. The molecule has 0 fully saturated rings. The van der Waals surface area contributed by atoms with Crippen LogP contribution < -0.4 is 10.2 Å². The van der Waals surface area contributed by atoms with Crippen molar-refractivity contribution in [1.29, 1.82) is 0 Å². The number of fused-ring (bicyclic) bond motifs is 4. The van der Waals surface area contributed by atoms with Gasteiger partial charge in [0.1, 0.15) is 5.82 Å². The second-order valence-corrected chi connectivity index (χ2v) is 7.73. The standard InChI is InChI=1S/C23H15N3O3/c27-20-16-4-1-2-5-17(16)21(28)26(20)15-8-7-13-11-23(12-14(13)10-15)18-6-3-9-24-19(18)25-22(23)29/h1-10H,11-12H2,(H,24,25,29). The van der Waals surface area contributed by atoms with E-state index in [1.54, 1.807) is 36.5 Å². The summed E-state index contributed by atoms with van der Waals surface area (Å²) in [6, 6.07) is 16.2. The van der Waals surface area contributed by atoms with E-state index < -0.39 is 5.41 Å². The van der Waals surface area contributed by atoms with Crippen LogP contribution in [0.3, 0.4) is 0 Å². The van der Waals surface area contributed by atoms with Crippen LogP contribution in [0.15, 0.2) is 60.8 Å². The van der Waals surface area contributed by atoms with Crippen molar-refractivity contribution in [2.45, 2.75) is 18.3 Å². The lowest BCUT2D eigenvalue weighted by atomic mass is 9.79. The van der Waals surface area contributed by atoms with E-state index in [4.69, 9.17) is 0 Å². The van der Waals surface area contributed by atoms with E-state index in [9.17, 15) is 14.4 Å². The van der Waals surface area contributed by atoms with Gasteiger partial charge in [0.25, 0.3) is 11.8 Å². The summed E-state index contributed by atoms with van der Waals surface area (Å²) in [7, 11) is 0. The van der Waals surface area contributed by atoms with Gasteiger partial charge in [0, 0.05) is 11.8 Å². The topological polar surface area (TPSA) is 79.4 Å². The van der Waals surface area contributed by atoms with Gasteiger partial charge >= 0.3 is 0 Å². The molecular formula is C23H15N3O3. The van der Waals surface area contributed by atoms with Crippen molar-refractivity contribution in [1.82, 2.24) is 4.98 Å². The third kappa shape index (κ3) is 2.00. The molecule has 0 saturated carbocycles. The van der Waals surface area contributed by atoms with Crippen LogP contribution in [0, 0.1) is 0 Å². The predicted octanol–water partition coefficient (Wildman–Crippen LogP) is 2.87. The Morgan fingerprint density at radius 1 is 0.862 bits per heavy atom. The maximum absolute atomic E-state index is 12.8. The first-order valence-electron chi connectivity index (χ1n) is 9.45. The predicted molar refractivity (Wildman–Crippen MR) is 106 cm³/mol. The summed E-state index contributed by atoms with van der Waals surface area (Å²) in [4.78, 5) is 44.0. The second-order valence-electron chi connectivity index (χ2n) is 7.73. The van der Waals surface area contributed by atoms with E-state index in [-0.39, 0.29) is 17.7 Å². The molecule has 140 valence electrons. The lowest BCUT2D eigenvalue weighted by Gasteiger charge is -2.20. The van der Waals surface area contributed by atoms with Gasteiger partial charge in [-0.25, -0.2) is 9.88 Å². The molecule has 1 atom stereocenters. The SMILES string of the molecule is O=C1c2ccccc2C(=O)N1c1ccc2c(c1)CC1(C2)C(=O)Nc2ncccc21. The molecule has 1 unspecified atom stereocenters. The second kappa shape index (κ2) is 5.38. The number of carbonyl (C=O) groups excluding carboxylic acids is 3. The van der Waals surface area contributed by atoms with Crippen LogP contribution >= 0.6 is 0 Å². The number of benzene rings is 2. The average Bonchev–Trinajstić information content (AvgIpc) is 3.34. The number of aromatic nitrogens is 1. The zero-order chi connectivity index (χ0) is 19.8. The number of nitrogens with one attached hydrogen (secondary N) is 1. The molecule has 6 rings (SSSR count). The van der Waals surface area contributed by atoms with Gasteiger partial charge in [0.2, 0.25) is 5.91 Å². The van der Waals surface area contributed by atoms with E-state index in [1.807, 2.05) is 24.3 Å². The van der Waals surface area contributed by atoms with Crippen LogP contribution in [0.2, 0.25) is 0 Å². The highest BCUT2D eigenvalue weighted by atomic mass is 16.2. The van der Waals surface area contributed by atoms with Gasteiger partial charge in [-0.05, 0) is 54.3 Å². The molecule has 3 aliphatic rings. The molecule has 1 N–H and O–H groups in total. The molecule has 6 heteroatoms. The molecule has 1 aliphatic carbocycles. The zero-order valence-electron chi connectivity index (χ0n) is 15.3. The Hall–Kier alpha value is -3.80. The summed E-state index contributed by atoms with van der Waals surface area (Å²) in [5, 5.41) is 2.89. The monoisotopic (exact) mass is 381 g/mol. The third-order valence-electron chi connectivity index (χ3n) is 6.22. The number of carbonyl (C=O) groups is 3. The Labute approximate surface area is 166 Å². The highest BCUT2D eigenvalue weighted by Gasteiger charge is 2.51. The Morgan fingerprint density at radius 2 is 1.59 bits per heavy atom. The molecule has 0 bridgehead atoms. The van der Waals surface area contributed by atoms with Crippen molar-refractivity contribution in [3.05, 3.63) is 88.6 Å². The van der Waals surface area contributed by atoms with Crippen molar-refractivity contribution < 1.29 is 14.4 Å². The number of amides is 3. The molecule has 1 spiro atoms. The van der Waals surface area contributed by atoms with Crippen molar-refractivity contribution in [3.63, 3.8) is 0 Å². The lowest BCUT2D eigenvalue weighted by Crippen LogP contribution is -2.35. The first kappa shape index (κ1) is 16.2. The maximum atomic E-state index is 12.8. The van der Waals surface area contributed by atoms with Crippen LogP contribution in [0.4, 0.5) is 11.5 Å². The molecule has 1 aromatic heterocycles. The molecule has 29 heavy (non-hydrogen) atoms. The first-order chi connectivity index (χ1) is 14.1. The molecule has 3 amide bonds. The Kier molecular flexibility index (Phi) is 3.00. The normalized spacial score (nSPS) is 21.4. The minimum atomic E-state index is -0.674. The van der Waals surface area contributed by atoms with Crippen LogP contribution in [0.25, 0.3) is 0 Å². The fourth-order valence-electron chi connectivity index (χ4n) is 4.82. The van der Waals surface area contributed by atoms with E-state index in [1.165, 1.54) is 4.90 Å². The molecule has 6 nitrogen and oxygen atoms in total. The summed E-state index contributed by atoms with van der Waals surface area (Å²) in [6.45, 7) is 0. The number of nitrogens with zero attached hydrogens (tertiary/aromatic N) is 2. The zero-order valence-corrected chi connectivity index (χ0v) is 15.3. The smallest absolute Gasteiger partial charge is 0.266 e. The molecule has 2 aromatic carbocycles. The van der Waals surface area contributed by atoms with Crippen molar-refractivity contribution in [3.8, 4) is 0 Å². The molecule has 0 radical (unpaired) electrons. The maximum Gasteiger partial charge on any atom is 0.266 e. The summed E-state index contributed by atoms with van der Waals surface area (Å²) in [5.41, 5.74) is 3.64. The van der Waals surface area contributed by atoms with Gasteiger partial charge in [-0.15, -0.1) is 0 Å². The van der Waals surface area contributed by atoms with E-state index in [2.05, 4.69) is 10.3 Å². The number of hydrogen-bond donors (Lipinski definition) is 1. The van der Waals surface area contributed by atoms with Crippen molar-refractivity contribution in [2.75, 3.05) is 10.2 Å². The van der Waals surface area contributed by atoms with Gasteiger partial charge in [0.05, 0.1) is 22.2 Å². The molecule has 3 heterocycles.